The van der Waals surface area contributed by atoms with Gasteiger partial charge in [-0.1, -0.05) is 30.3 Å². The fourth-order valence-corrected chi connectivity index (χ4v) is 3.56. The molecule has 2 fully saturated rings. The quantitative estimate of drug-likeness (QED) is 0.771. The lowest BCUT2D eigenvalue weighted by Crippen LogP contribution is -2.48. The lowest BCUT2D eigenvalue weighted by Gasteiger charge is -2.32. The van der Waals surface area contributed by atoms with Crippen LogP contribution in [-0.2, 0) is 4.79 Å². The third kappa shape index (κ3) is 3.77. The zero-order chi connectivity index (χ0) is 18.6. The predicted molar refractivity (Wildman–Crippen MR) is 102 cm³/mol. The van der Waals surface area contributed by atoms with Crippen LogP contribution < -0.4 is 4.90 Å². The first kappa shape index (κ1) is 17.5. The summed E-state index contributed by atoms with van der Waals surface area (Å²) in [5.74, 6) is 1.30. The Morgan fingerprint density at radius 1 is 0.926 bits per heavy atom. The van der Waals surface area contributed by atoms with Crippen LogP contribution in [0.25, 0.3) is 11.4 Å². The number of aromatic nitrogens is 2. The minimum atomic E-state index is -0.0967. The minimum Gasteiger partial charge on any atom is -0.356 e. The van der Waals surface area contributed by atoms with Crippen molar-refractivity contribution in [3.05, 3.63) is 42.1 Å². The van der Waals surface area contributed by atoms with Crippen molar-refractivity contribution in [1.82, 2.24) is 19.8 Å². The van der Waals surface area contributed by atoms with Crippen molar-refractivity contribution in [1.29, 1.82) is 0 Å². The number of benzene rings is 1. The number of anilines is 1. The van der Waals surface area contributed by atoms with Gasteiger partial charge in [0.2, 0.25) is 6.41 Å². The Hall–Kier alpha value is -2.96. The van der Waals surface area contributed by atoms with E-state index in [1.54, 1.807) is 9.80 Å². The highest BCUT2D eigenvalue weighted by molar-refractivity contribution is 5.93. The van der Waals surface area contributed by atoms with Crippen molar-refractivity contribution in [3.8, 4) is 11.4 Å². The molecule has 1 aromatic heterocycles. The van der Waals surface area contributed by atoms with Crippen molar-refractivity contribution in [2.75, 3.05) is 44.2 Å². The van der Waals surface area contributed by atoms with E-state index in [-0.39, 0.29) is 5.91 Å². The number of piperazine rings is 1. The van der Waals surface area contributed by atoms with Gasteiger partial charge in [0.15, 0.2) is 5.82 Å². The van der Waals surface area contributed by atoms with E-state index in [1.165, 1.54) is 0 Å². The first-order chi connectivity index (χ1) is 13.2. The first-order valence-corrected chi connectivity index (χ1v) is 9.43. The first-order valence-electron chi connectivity index (χ1n) is 9.43. The van der Waals surface area contributed by atoms with Crippen LogP contribution in [0.4, 0.5) is 5.82 Å². The van der Waals surface area contributed by atoms with E-state index in [2.05, 4.69) is 9.88 Å². The van der Waals surface area contributed by atoms with Gasteiger partial charge in [0, 0.05) is 50.9 Å². The second-order valence-corrected chi connectivity index (χ2v) is 6.93. The Balaban J connectivity index is 1.65. The van der Waals surface area contributed by atoms with E-state index in [0.29, 0.717) is 37.7 Å². The van der Waals surface area contributed by atoms with Gasteiger partial charge in [0.1, 0.15) is 11.5 Å². The van der Waals surface area contributed by atoms with E-state index < -0.39 is 0 Å². The van der Waals surface area contributed by atoms with Crippen LogP contribution in [0.15, 0.2) is 36.4 Å². The van der Waals surface area contributed by atoms with Gasteiger partial charge in [-0.3, -0.25) is 9.59 Å². The average molecular weight is 365 g/mol. The molecule has 2 aliphatic heterocycles. The predicted octanol–water partition coefficient (Wildman–Crippen LogP) is 1.66. The summed E-state index contributed by atoms with van der Waals surface area (Å²) in [6, 6.07) is 11.6. The lowest BCUT2D eigenvalue weighted by atomic mass is 10.2. The van der Waals surface area contributed by atoms with Gasteiger partial charge >= 0.3 is 0 Å². The van der Waals surface area contributed by atoms with Gasteiger partial charge in [-0.05, 0) is 12.8 Å². The fraction of sp³-hybridized carbons (Fsp3) is 0.400. The molecule has 0 spiro atoms. The summed E-state index contributed by atoms with van der Waals surface area (Å²) in [5.41, 5.74) is 1.32. The number of amides is 2. The number of rotatable bonds is 4. The second kappa shape index (κ2) is 7.73. The Morgan fingerprint density at radius 3 is 2.30 bits per heavy atom. The van der Waals surface area contributed by atoms with E-state index in [4.69, 9.17) is 4.98 Å². The van der Waals surface area contributed by atoms with Crippen LogP contribution in [0.2, 0.25) is 0 Å². The molecule has 4 rings (SSSR count). The Morgan fingerprint density at radius 2 is 1.63 bits per heavy atom. The normalized spacial score (nSPS) is 17.3. The number of hydrogen-bond donors (Lipinski definition) is 0. The van der Waals surface area contributed by atoms with Gasteiger partial charge in [0.05, 0.1) is 0 Å². The highest BCUT2D eigenvalue weighted by atomic mass is 16.2. The zero-order valence-corrected chi connectivity index (χ0v) is 15.3. The molecule has 1 aromatic carbocycles. The molecule has 140 valence electrons. The number of nitrogens with zero attached hydrogens (tertiary/aromatic N) is 5. The van der Waals surface area contributed by atoms with Gasteiger partial charge in [-0.2, -0.15) is 0 Å². The Labute approximate surface area is 158 Å². The van der Waals surface area contributed by atoms with Gasteiger partial charge in [-0.25, -0.2) is 9.97 Å². The van der Waals surface area contributed by atoms with Gasteiger partial charge < -0.3 is 14.7 Å². The van der Waals surface area contributed by atoms with E-state index >= 15 is 0 Å². The summed E-state index contributed by atoms with van der Waals surface area (Å²) >= 11 is 0. The highest BCUT2D eigenvalue weighted by Gasteiger charge is 2.25. The van der Waals surface area contributed by atoms with E-state index in [0.717, 1.165) is 43.7 Å². The van der Waals surface area contributed by atoms with Crippen LogP contribution in [0.3, 0.4) is 0 Å². The minimum absolute atomic E-state index is 0.0967. The third-order valence-corrected chi connectivity index (χ3v) is 5.14. The van der Waals surface area contributed by atoms with Crippen LogP contribution in [0, 0.1) is 0 Å². The van der Waals surface area contributed by atoms with Crippen molar-refractivity contribution in [2.24, 2.45) is 0 Å². The maximum absolute atomic E-state index is 13.1. The molecule has 0 N–H and O–H groups in total. The summed E-state index contributed by atoms with van der Waals surface area (Å²) in [6.07, 6.45) is 3.12. The van der Waals surface area contributed by atoms with Crippen molar-refractivity contribution in [3.63, 3.8) is 0 Å². The molecule has 2 saturated heterocycles. The molecule has 0 radical (unpaired) electrons. The maximum atomic E-state index is 13.1. The SMILES string of the molecule is O=CN1CCN(C(=O)c2cc(N3CCCC3)nc(-c3ccccc3)n2)CC1. The molecule has 0 atom stereocenters. The van der Waals surface area contributed by atoms with Gasteiger partial charge in [-0.15, -0.1) is 0 Å². The monoisotopic (exact) mass is 365 g/mol. The number of carbonyl (C=O) groups excluding carboxylic acids is 2. The molecule has 0 unspecified atom stereocenters. The molecule has 0 saturated carbocycles. The molecule has 3 heterocycles. The third-order valence-electron chi connectivity index (χ3n) is 5.14. The van der Waals surface area contributed by atoms with Crippen LogP contribution in [-0.4, -0.2) is 71.4 Å². The highest BCUT2D eigenvalue weighted by Crippen LogP contribution is 2.24. The van der Waals surface area contributed by atoms with Crippen molar-refractivity contribution < 1.29 is 9.59 Å². The molecule has 7 heteroatoms. The van der Waals surface area contributed by atoms with E-state index in [1.807, 2.05) is 36.4 Å². The molecule has 2 aliphatic rings. The second-order valence-electron chi connectivity index (χ2n) is 6.93. The molecular weight excluding hydrogens is 342 g/mol. The molecule has 0 bridgehead atoms. The number of hydrogen-bond acceptors (Lipinski definition) is 5. The van der Waals surface area contributed by atoms with Crippen LogP contribution in [0.5, 0.6) is 0 Å². The summed E-state index contributed by atoms with van der Waals surface area (Å²) in [7, 11) is 0. The van der Waals surface area contributed by atoms with E-state index in [9.17, 15) is 9.59 Å². The molecular formula is C20H23N5O2. The van der Waals surface area contributed by atoms with Crippen molar-refractivity contribution >= 4 is 18.1 Å². The lowest BCUT2D eigenvalue weighted by molar-refractivity contribution is -0.119. The molecule has 2 amide bonds. The van der Waals surface area contributed by atoms with Crippen LogP contribution >= 0.6 is 0 Å². The summed E-state index contributed by atoms with van der Waals surface area (Å²) < 4.78 is 0. The fourth-order valence-electron chi connectivity index (χ4n) is 3.56. The van der Waals surface area contributed by atoms with Crippen molar-refractivity contribution in [2.45, 2.75) is 12.8 Å². The topological polar surface area (TPSA) is 69.6 Å². The Bertz CT molecular complexity index is 812. The van der Waals surface area contributed by atoms with Crippen LogP contribution in [0.1, 0.15) is 23.3 Å². The standard InChI is InChI=1S/C20H23N5O2/c26-15-23-10-12-25(13-11-23)20(27)17-14-18(24-8-4-5-9-24)22-19(21-17)16-6-2-1-3-7-16/h1-3,6-7,14-15H,4-5,8-13H2. The largest absolute Gasteiger partial charge is 0.356 e. The summed E-state index contributed by atoms with van der Waals surface area (Å²) in [6.45, 7) is 4.09. The zero-order valence-electron chi connectivity index (χ0n) is 15.3. The molecule has 27 heavy (non-hydrogen) atoms. The average Bonchev–Trinajstić information content (AvgIpc) is 3.29. The molecule has 7 nitrogen and oxygen atoms in total. The number of carbonyl (C=O) groups is 2. The Kier molecular flexibility index (Phi) is 5.00. The summed E-state index contributed by atoms with van der Waals surface area (Å²) in [5, 5.41) is 0. The van der Waals surface area contributed by atoms with Gasteiger partial charge in [0.25, 0.3) is 5.91 Å². The smallest absolute Gasteiger partial charge is 0.272 e. The maximum Gasteiger partial charge on any atom is 0.272 e. The molecule has 2 aromatic rings. The molecule has 0 aliphatic carbocycles. The summed E-state index contributed by atoms with van der Waals surface area (Å²) in [4.78, 5) is 38.9.